The molecular formula is C88H50N8. The Morgan fingerprint density at radius 3 is 1.29 bits per heavy atom. The van der Waals surface area contributed by atoms with Crippen molar-refractivity contribution in [2.75, 3.05) is 0 Å². The van der Waals surface area contributed by atoms with Crippen molar-refractivity contribution in [1.29, 1.82) is 0 Å². The highest BCUT2D eigenvalue weighted by molar-refractivity contribution is 6.21. The molecular weight excluding hydrogens is 1170 g/mol. The van der Waals surface area contributed by atoms with Gasteiger partial charge in [0.05, 0.1) is 66.2 Å². The molecule has 0 aliphatic carbocycles. The van der Waals surface area contributed by atoms with Gasteiger partial charge in [-0.2, -0.15) is 0 Å². The average molecular weight is 1220 g/mol. The smallest absolute Gasteiger partial charge is 0.165 e. The van der Waals surface area contributed by atoms with Crippen molar-refractivity contribution in [3.8, 4) is 101 Å². The molecule has 0 bridgehead atoms. The second-order valence-corrected chi connectivity index (χ2v) is 25.6. The van der Waals surface area contributed by atoms with Crippen LogP contribution in [0.3, 0.4) is 0 Å². The number of rotatable bonds is 5. The van der Waals surface area contributed by atoms with E-state index in [1.54, 1.807) is 0 Å². The van der Waals surface area contributed by atoms with Gasteiger partial charge < -0.3 is 9.13 Å². The Bertz CT molecular complexity index is 6820. The molecule has 0 unspecified atom stereocenters. The molecule has 0 radical (unpaired) electrons. The normalized spacial score (nSPS) is 12.4. The molecule has 14 aromatic carbocycles. The molecule has 20 aromatic rings. The number of para-hydroxylation sites is 9. The van der Waals surface area contributed by atoms with Gasteiger partial charge in [-0.15, -0.1) is 0 Å². The van der Waals surface area contributed by atoms with E-state index >= 15 is 0 Å². The Morgan fingerprint density at radius 2 is 0.604 bits per heavy atom. The summed E-state index contributed by atoms with van der Waals surface area (Å²) < 4.78 is 9.59. The van der Waals surface area contributed by atoms with Crippen molar-refractivity contribution in [3.05, 3.63) is 303 Å². The van der Waals surface area contributed by atoms with Crippen LogP contribution in [0.15, 0.2) is 303 Å². The molecule has 0 N–H and O–H groups in total. The molecule has 8 heteroatoms. The highest BCUT2D eigenvalue weighted by atomic mass is 15.1. The minimum Gasteiger partial charge on any atom is -0.309 e. The summed E-state index contributed by atoms with van der Waals surface area (Å²) in [5.74, 6) is 1.66. The predicted molar refractivity (Wildman–Crippen MR) is 395 cm³/mol. The van der Waals surface area contributed by atoms with Gasteiger partial charge in [0.15, 0.2) is 11.6 Å². The molecule has 0 amide bonds. The van der Waals surface area contributed by atoms with E-state index in [9.17, 15) is 0 Å². The van der Waals surface area contributed by atoms with Crippen molar-refractivity contribution < 1.29 is 0 Å². The van der Waals surface area contributed by atoms with E-state index in [1.807, 2.05) is 12.1 Å². The summed E-state index contributed by atoms with van der Waals surface area (Å²) in [6.45, 7) is 0. The lowest BCUT2D eigenvalue weighted by Crippen LogP contribution is -2.02. The first-order valence-corrected chi connectivity index (χ1v) is 32.8. The fraction of sp³-hybridized carbons (Fsp3) is 0. The molecule has 2 aliphatic heterocycles. The maximum Gasteiger partial charge on any atom is 0.165 e. The maximum atomic E-state index is 5.64. The summed E-state index contributed by atoms with van der Waals surface area (Å²) in [7, 11) is 0. The van der Waals surface area contributed by atoms with E-state index in [0.717, 1.165) is 145 Å². The first-order chi connectivity index (χ1) is 47.6. The topological polar surface area (TPSA) is 71.3 Å². The van der Waals surface area contributed by atoms with Crippen molar-refractivity contribution in [2.24, 2.45) is 0 Å². The molecule has 0 saturated carbocycles. The number of fused-ring (bicyclic) bond motifs is 24. The Labute approximate surface area is 548 Å². The van der Waals surface area contributed by atoms with Crippen molar-refractivity contribution in [1.82, 2.24) is 38.2 Å². The lowest BCUT2D eigenvalue weighted by molar-refractivity contribution is 1.09. The molecule has 0 fully saturated rings. The van der Waals surface area contributed by atoms with Gasteiger partial charge in [0, 0.05) is 76.7 Å². The zero-order valence-corrected chi connectivity index (χ0v) is 51.4. The molecule has 22 rings (SSSR count). The second kappa shape index (κ2) is 19.3. The summed E-state index contributed by atoms with van der Waals surface area (Å²) in [5.41, 5.74) is 30.0. The fourth-order valence-corrected chi connectivity index (χ4v) is 16.4. The number of aromatic nitrogens is 8. The Morgan fingerprint density at radius 1 is 0.198 bits per heavy atom. The van der Waals surface area contributed by atoms with E-state index in [0.29, 0.717) is 0 Å². The second-order valence-electron chi connectivity index (χ2n) is 25.6. The zero-order chi connectivity index (χ0) is 62.4. The van der Waals surface area contributed by atoms with Crippen LogP contribution < -0.4 is 0 Å². The Hall–Kier alpha value is -13.0. The SMILES string of the molecule is c1ccc(-n2c3ccc(-c4ccc5c(c4)-c4nc6ccccc6nc4-n4c6cc(-c7cccc8c7c7ccccc7n8-c7ccccc7)ccc6c6cccc-5c64)cc3c3ccc(-c4ccc5c(c4)c4cccc6c4n5-c4nc5ccccc5nc4-c4ccccc4-6)cc32)cc1. The van der Waals surface area contributed by atoms with Crippen molar-refractivity contribution in [2.45, 2.75) is 0 Å². The minimum absolute atomic E-state index is 0.813. The fourth-order valence-electron chi connectivity index (χ4n) is 16.4. The number of hydrogen-bond donors (Lipinski definition) is 0. The Balaban J connectivity index is 0.705. The van der Waals surface area contributed by atoms with Gasteiger partial charge in [0.2, 0.25) is 0 Å². The van der Waals surface area contributed by atoms with Crippen molar-refractivity contribution >= 4 is 109 Å². The van der Waals surface area contributed by atoms with E-state index in [4.69, 9.17) is 19.9 Å². The molecule has 8 heterocycles. The van der Waals surface area contributed by atoms with E-state index in [-0.39, 0.29) is 0 Å². The molecule has 96 heavy (non-hydrogen) atoms. The monoisotopic (exact) mass is 1220 g/mol. The lowest BCUT2D eigenvalue weighted by Gasteiger charge is -2.14. The molecule has 0 atom stereocenters. The molecule has 2 aliphatic rings. The first kappa shape index (κ1) is 51.6. The van der Waals surface area contributed by atoms with Gasteiger partial charge in [0.25, 0.3) is 0 Å². The number of benzene rings is 14. The van der Waals surface area contributed by atoms with Crippen LogP contribution >= 0.6 is 0 Å². The standard InChI is InChI=1S/C88H50N8/c1-3-18-56(19-4-1)93-76-34-14-9-24-68(76)82-58(25-17-35-79(82)93)55-38-43-61-66-28-15-27-65-60-41-36-51(48-71(60)84-88(96(85(65)66)81(61)50-55)92-75-33-13-11-31-73(75)90-84)52-39-44-77-69(46-52)62-42-37-54(49-80(62)94(77)57-20-5-2-6-21-57)53-40-45-78-70(47-53)67-29-16-26-64-59-22-7-8-23-63(59)83-87(95(78)86(64)67)91-74-32-12-10-30-72(74)89-83/h1-50H. The van der Waals surface area contributed by atoms with Gasteiger partial charge in [0.1, 0.15) is 11.4 Å². The van der Waals surface area contributed by atoms with E-state index in [2.05, 4.69) is 309 Å². The van der Waals surface area contributed by atoms with E-state index < -0.39 is 0 Å². The van der Waals surface area contributed by atoms with E-state index in [1.165, 1.54) is 65.3 Å². The van der Waals surface area contributed by atoms with Gasteiger partial charge in [-0.3, -0.25) is 9.13 Å². The molecule has 0 spiro atoms. The third kappa shape index (κ3) is 7.10. The number of nitrogens with zero attached hydrogens (tertiary/aromatic N) is 8. The van der Waals surface area contributed by atoms with Gasteiger partial charge in [-0.25, -0.2) is 19.9 Å². The lowest BCUT2D eigenvalue weighted by atomic mass is 9.92. The van der Waals surface area contributed by atoms with Gasteiger partial charge in [-0.1, -0.05) is 200 Å². The van der Waals surface area contributed by atoms with Crippen LogP contribution in [-0.2, 0) is 0 Å². The van der Waals surface area contributed by atoms with Crippen molar-refractivity contribution in [3.63, 3.8) is 0 Å². The van der Waals surface area contributed by atoms with Crippen LogP contribution in [-0.4, -0.2) is 38.2 Å². The maximum absolute atomic E-state index is 5.64. The summed E-state index contributed by atoms with van der Waals surface area (Å²) in [6.07, 6.45) is 0. The Kier molecular flexibility index (Phi) is 10.4. The third-order valence-corrected chi connectivity index (χ3v) is 20.6. The average Bonchev–Trinajstić information content (AvgIpc) is 1.56. The summed E-state index contributed by atoms with van der Waals surface area (Å²) >= 11 is 0. The van der Waals surface area contributed by atoms with Gasteiger partial charge >= 0.3 is 0 Å². The summed E-state index contributed by atoms with van der Waals surface area (Å²) in [6, 6.07) is 111. The minimum atomic E-state index is 0.813. The first-order valence-electron chi connectivity index (χ1n) is 32.8. The quantitative estimate of drug-likeness (QED) is 0.172. The third-order valence-electron chi connectivity index (χ3n) is 20.6. The van der Waals surface area contributed by atoms with Crippen LogP contribution in [0.4, 0.5) is 0 Å². The highest BCUT2D eigenvalue weighted by Gasteiger charge is 2.31. The summed E-state index contributed by atoms with van der Waals surface area (Å²) in [5, 5.41) is 9.49. The molecule has 442 valence electrons. The van der Waals surface area contributed by atoms with Gasteiger partial charge in [-0.05, 0) is 148 Å². The van der Waals surface area contributed by atoms with Crippen LogP contribution in [0, 0.1) is 0 Å². The van der Waals surface area contributed by atoms with Crippen LogP contribution in [0.2, 0.25) is 0 Å². The summed E-state index contributed by atoms with van der Waals surface area (Å²) in [4.78, 5) is 22.0. The van der Waals surface area contributed by atoms with Crippen LogP contribution in [0.1, 0.15) is 0 Å². The number of hydrogen-bond acceptors (Lipinski definition) is 4. The largest absolute Gasteiger partial charge is 0.309 e. The molecule has 6 aromatic heterocycles. The van der Waals surface area contributed by atoms with Crippen LogP contribution in [0.25, 0.3) is 210 Å². The highest BCUT2D eigenvalue weighted by Crippen LogP contribution is 2.51. The predicted octanol–water partition coefficient (Wildman–Crippen LogP) is 22.3. The zero-order valence-electron chi connectivity index (χ0n) is 51.4. The van der Waals surface area contributed by atoms with Crippen LogP contribution in [0.5, 0.6) is 0 Å². The molecule has 8 nitrogen and oxygen atoms in total. The molecule has 0 saturated heterocycles.